The summed E-state index contributed by atoms with van der Waals surface area (Å²) in [6.07, 6.45) is 10.0. The second-order valence-electron chi connectivity index (χ2n) is 8.24. The molecular formula is C21H24FN7O. The van der Waals surface area contributed by atoms with Crippen LogP contribution in [0.15, 0.2) is 30.9 Å². The van der Waals surface area contributed by atoms with Gasteiger partial charge in [0.15, 0.2) is 11.5 Å². The molecule has 0 radical (unpaired) electrons. The zero-order valence-corrected chi connectivity index (χ0v) is 17.0. The van der Waals surface area contributed by atoms with Crippen LogP contribution in [0.25, 0.3) is 5.65 Å². The van der Waals surface area contributed by atoms with E-state index in [1.165, 1.54) is 25.1 Å². The third kappa shape index (κ3) is 3.28. The van der Waals surface area contributed by atoms with Crippen LogP contribution in [0, 0.1) is 18.7 Å². The molecule has 1 atom stereocenters. The van der Waals surface area contributed by atoms with E-state index in [4.69, 9.17) is 0 Å². The molecule has 2 aliphatic rings. The summed E-state index contributed by atoms with van der Waals surface area (Å²) in [5.41, 5.74) is 1.74. The first-order valence-electron chi connectivity index (χ1n) is 10.2. The molecule has 1 aliphatic carbocycles. The Morgan fingerprint density at radius 3 is 2.80 bits per heavy atom. The maximum absolute atomic E-state index is 14.2. The standard InChI is InChI=1S/C21H24FN7O/c1-13-10-29-12-15(7-16(22)19(29)26-13)27-20(30)17-8-25-18(9-24-17)28-6-3-14(11-28)21(23-2)4-5-21/h7-10,12,14,23H,3-6,11H2,1-2H3,(H,27,30)/t14-/m1/s1. The number of nitrogens with one attached hydrogen (secondary N) is 2. The van der Waals surface area contributed by atoms with Crippen molar-refractivity contribution in [1.29, 1.82) is 0 Å². The van der Waals surface area contributed by atoms with Gasteiger partial charge in [-0.1, -0.05) is 0 Å². The molecule has 30 heavy (non-hydrogen) atoms. The molecule has 2 fully saturated rings. The van der Waals surface area contributed by atoms with E-state index >= 15 is 0 Å². The molecule has 3 aromatic rings. The van der Waals surface area contributed by atoms with Crippen LogP contribution in [0.5, 0.6) is 0 Å². The number of carbonyl (C=O) groups is 1. The molecule has 4 heterocycles. The number of aromatic nitrogens is 4. The largest absolute Gasteiger partial charge is 0.355 e. The summed E-state index contributed by atoms with van der Waals surface area (Å²) in [6, 6.07) is 1.25. The highest BCUT2D eigenvalue weighted by Crippen LogP contribution is 2.46. The summed E-state index contributed by atoms with van der Waals surface area (Å²) in [7, 11) is 2.04. The number of rotatable bonds is 5. The van der Waals surface area contributed by atoms with Crippen LogP contribution in [0.4, 0.5) is 15.9 Å². The van der Waals surface area contributed by atoms with E-state index in [1.54, 1.807) is 29.9 Å². The summed E-state index contributed by atoms with van der Waals surface area (Å²) in [5.74, 6) is 0.461. The van der Waals surface area contributed by atoms with E-state index < -0.39 is 11.7 Å². The van der Waals surface area contributed by atoms with Crippen molar-refractivity contribution < 1.29 is 9.18 Å². The number of hydrogen-bond acceptors (Lipinski definition) is 6. The van der Waals surface area contributed by atoms with E-state index in [0.29, 0.717) is 22.8 Å². The molecule has 0 bridgehead atoms. The topological polar surface area (TPSA) is 87.5 Å². The lowest BCUT2D eigenvalue weighted by atomic mass is 9.97. The van der Waals surface area contributed by atoms with Crippen molar-refractivity contribution in [3.05, 3.63) is 48.1 Å². The molecule has 156 valence electrons. The maximum atomic E-state index is 14.2. The summed E-state index contributed by atoms with van der Waals surface area (Å²) in [4.78, 5) is 27.6. The lowest BCUT2D eigenvalue weighted by Gasteiger charge is -2.23. The minimum atomic E-state index is -0.499. The molecule has 5 rings (SSSR count). The van der Waals surface area contributed by atoms with Crippen LogP contribution in [0.1, 0.15) is 35.4 Å². The number of aryl methyl sites for hydroxylation is 1. The number of carbonyl (C=O) groups excluding carboxylic acids is 1. The maximum Gasteiger partial charge on any atom is 0.275 e. The van der Waals surface area contributed by atoms with Crippen LogP contribution < -0.4 is 15.5 Å². The van der Waals surface area contributed by atoms with Gasteiger partial charge in [0.05, 0.1) is 23.8 Å². The molecule has 2 N–H and O–H groups in total. The van der Waals surface area contributed by atoms with Gasteiger partial charge in [0.2, 0.25) is 0 Å². The zero-order chi connectivity index (χ0) is 20.9. The first-order chi connectivity index (χ1) is 14.5. The predicted octanol–water partition coefficient (Wildman–Crippen LogP) is 2.40. The number of fused-ring (bicyclic) bond motifs is 1. The van der Waals surface area contributed by atoms with E-state index in [1.807, 2.05) is 7.05 Å². The Labute approximate surface area is 173 Å². The minimum absolute atomic E-state index is 0.186. The second kappa shape index (κ2) is 7.02. The lowest BCUT2D eigenvalue weighted by Crippen LogP contribution is -2.37. The number of nitrogens with zero attached hydrogens (tertiary/aromatic N) is 5. The first-order valence-corrected chi connectivity index (χ1v) is 10.2. The summed E-state index contributed by atoms with van der Waals surface area (Å²) in [5, 5.41) is 6.16. The molecule has 8 nitrogen and oxygen atoms in total. The van der Waals surface area contributed by atoms with Crippen LogP contribution in [0.3, 0.4) is 0 Å². The molecule has 9 heteroatoms. The van der Waals surface area contributed by atoms with Gasteiger partial charge in [-0.3, -0.25) is 4.79 Å². The molecule has 1 aliphatic heterocycles. The predicted molar refractivity (Wildman–Crippen MR) is 111 cm³/mol. The smallest absolute Gasteiger partial charge is 0.275 e. The van der Waals surface area contributed by atoms with Crippen LogP contribution in [-0.2, 0) is 0 Å². The fraction of sp³-hybridized carbons (Fsp3) is 0.429. The van der Waals surface area contributed by atoms with Gasteiger partial charge in [0.25, 0.3) is 5.91 Å². The van der Waals surface area contributed by atoms with Crippen LogP contribution in [-0.4, -0.2) is 50.9 Å². The quantitative estimate of drug-likeness (QED) is 0.673. The third-order valence-electron chi connectivity index (χ3n) is 6.34. The Morgan fingerprint density at radius 2 is 2.10 bits per heavy atom. The monoisotopic (exact) mass is 409 g/mol. The number of amides is 1. The van der Waals surface area contributed by atoms with Gasteiger partial charge in [-0.15, -0.1) is 0 Å². The normalized spacial score (nSPS) is 20.0. The van der Waals surface area contributed by atoms with E-state index in [9.17, 15) is 9.18 Å². The molecule has 1 amide bonds. The molecule has 1 saturated heterocycles. The van der Waals surface area contributed by atoms with E-state index in [2.05, 4.69) is 30.5 Å². The fourth-order valence-electron chi connectivity index (χ4n) is 4.46. The van der Waals surface area contributed by atoms with Crippen molar-refractivity contribution in [2.24, 2.45) is 5.92 Å². The van der Waals surface area contributed by atoms with Crippen molar-refractivity contribution in [3.63, 3.8) is 0 Å². The van der Waals surface area contributed by atoms with E-state index in [-0.39, 0.29) is 11.3 Å². The number of pyridine rings is 1. The zero-order valence-electron chi connectivity index (χ0n) is 17.0. The molecule has 0 aromatic carbocycles. The summed E-state index contributed by atoms with van der Waals surface area (Å²) >= 11 is 0. The Kier molecular flexibility index (Phi) is 4.43. The average Bonchev–Trinajstić information content (AvgIpc) is 3.20. The van der Waals surface area contributed by atoms with Gasteiger partial charge in [-0.2, -0.15) is 0 Å². The van der Waals surface area contributed by atoms with Crippen molar-refractivity contribution in [3.8, 4) is 0 Å². The van der Waals surface area contributed by atoms with Crippen molar-refractivity contribution in [1.82, 2.24) is 24.7 Å². The number of imidazole rings is 1. The Morgan fingerprint density at radius 1 is 1.27 bits per heavy atom. The van der Waals surface area contributed by atoms with Gasteiger partial charge in [0.1, 0.15) is 11.5 Å². The second-order valence-corrected chi connectivity index (χ2v) is 8.24. The van der Waals surface area contributed by atoms with Crippen LogP contribution in [0.2, 0.25) is 0 Å². The number of halogens is 1. The minimum Gasteiger partial charge on any atom is -0.355 e. The third-order valence-corrected chi connectivity index (χ3v) is 6.34. The molecule has 0 unspecified atom stereocenters. The highest BCUT2D eigenvalue weighted by atomic mass is 19.1. The molecular weight excluding hydrogens is 385 g/mol. The van der Waals surface area contributed by atoms with Crippen molar-refractivity contribution in [2.75, 3.05) is 30.4 Å². The van der Waals surface area contributed by atoms with E-state index in [0.717, 1.165) is 25.3 Å². The molecule has 3 aromatic heterocycles. The highest BCUT2D eigenvalue weighted by Gasteiger charge is 2.50. The van der Waals surface area contributed by atoms with Gasteiger partial charge in [-0.05, 0) is 39.2 Å². The number of hydrogen-bond donors (Lipinski definition) is 2. The summed E-state index contributed by atoms with van der Waals surface area (Å²) < 4.78 is 15.8. The SMILES string of the molecule is CNC1([C@@H]2CCN(c3cnc(C(=O)Nc4cc(F)c5nc(C)cn5c4)cn3)C2)CC1. The fourth-order valence-corrected chi connectivity index (χ4v) is 4.46. The summed E-state index contributed by atoms with van der Waals surface area (Å²) in [6.45, 7) is 3.68. The molecule has 1 saturated carbocycles. The van der Waals surface area contributed by atoms with Crippen molar-refractivity contribution >= 4 is 23.1 Å². The van der Waals surface area contributed by atoms with Gasteiger partial charge in [-0.25, -0.2) is 19.3 Å². The van der Waals surface area contributed by atoms with Gasteiger partial charge in [0, 0.05) is 37.1 Å². The Bertz CT molecular complexity index is 1110. The first kappa shape index (κ1) is 18.9. The van der Waals surface area contributed by atoms with Gasteiger partial charge < -0.3 is 19.9 Å². The van der Waals surface area contributed by atoms with Crippen LogP contribution >= 0.6 is 0 Å². The Hall–Kier alpha value is -3.07. The van der Waals surface area contributed by atoms with Gasteiger partial charge >= 0.3 is 0 Å². The highest BCUT2D eigenvalue weighted by molar-refractivity contribution is 6.02. The van der Waals surface area contributed by atoms with Crippen molar-refractivity contribution in [2.45, 2.75) is 31.7 Å². The lowest BCUT2D eigenvalue weighted by molar-refractivity contribution is 0.102. The Balaban J connectivity index is 1.27. The number of anilines is 2. The molecule has 0 spiro atoms. The average molecular weight is 409 g/mol.